The van der Waals surface area contributed by atoms with Gasteiger partial charge >= 0.3 is 0 Å². The van der Waals surface area contributed by atoms with E-state index in [9.17, 15) is 13.5 Å². The van der Waals surface area contributed by atoms with Gasteiger partial charge in [-0.1, -0.05) is 36.4 Å². The van der Waals surface area contributed by atoms with Crippen LogP contribution in [-0.2, 0) is 17.1 Å². The van der Waals surface area contributed by atoms with Crippen molar-refractivity contribution in [2.45, 2.75) is 30.8 Å². The number of benzene rings is 2. The van der Waals surface area contributed by atoms with Crippen LogP contribution >= 0.6 is 0 Å². The fraction of sp³-hybridized carbons (Fsp3) is 0.261. The summed E-state index contributed by atoms with van der Waals surface area (Å²) in [7, 11) is -2.31. The van der Waals surface area contributed by atoms with Crippen molar-refractivity contribution in [3.63, 3.8) is 0 Å². The topological polar surface area (TPSA) is 119 Å². The number of nitrogens with one attached hydrogen (secondary N) is 1. The number of fused-ring (bicyclic) bond motifs is 1. The summed E-state index contributed by atoms with van der Waals surface area (Å²) >= 11 is 0. The van der Waals surface area contributed by atoms with Crippen LogP contribution in [0.1, 0.15) is 20.3 Å². The Labute approximate surface area is 192 Å². The number of ether oxygens (including phenoxy) is 1. The van der Waals surface area contributed by atoms with Crippen molar-refractivity contribution in [1.82, 2.24) is 19.7 Å². The maximum Gasteiger partial charge on any atom is 0.267 e. The second-order valence-corrected chi connectivity index (χ2v) is 10.0. The van der Waals surface area contributed by atoms with E-state index in [1.54, 1.807) is 27.0 Å². The highest BCUT2D eigenvalue weighted by Gasteiger charge is 2.20. The molecule has 0 amide bonds. The van der Waals surface area contributed by atoms with Crippen LogP contribution in [0.25, 0.3) is 22.0 Å². The molecule has 2 heterocycles. The molecule has 2 aromatic carbocycles. The minimum atomic E-state index is -3.94. The first-order chi connectivity index (χ1) is 15.6. The Bertz CT molecular complexity index is 1390. The molecule has 0 spiro atoms. The minimum absolute atomic E-state index is 0.00536. The van der Waals surface area contributed by atoms with Gasteiger partial charge in [-0.3, -0.25) is 4.68 Å². The van der Waals surface area contributed by atoms with Crippen molar-refractivity contribution in [1.29, 1.82) is 0 Å². The lowest BCUT2D eigenvalue weighted by atomic mass is 10.0. The fourth-order valence-electron chi connectivity index (χ4n) is 3.16. The third-order valence-corrected chi connectivity index (χ3v) is 6.21. The summed E-state index contributed by atoms with van der Waals surface area (Å²) in [6.45, 7) is 3.57. The van der Waals surface area contributed by atoms with Crippen molar-refractivity contribution in [3.05, 3.63) is 60.9 Å². The second-order valence-electron chi connectivity index (χ2n) is 8.34. The lowest BCUT2D eigenvalue weighted by Gasteiger charge is -2.17. The molecule has 4 rings (SSSR count). The number of aliphatic hydroxyl groups is 1. The smallest absolute Gasteiger partial charge is 0.267 e. The number of hydrogen-bond acceptors (Lipinski definition) is 7. The van der Waals surface area contributed by atoms with Gasteiger partial charge in [0.15, 0.2) is 0 Å². The van der Waals surface area contributed by atoms with E-state index in [0.29, 0.717) is 12.1 Å². The molecule has 0 aliphatic heterocycles. The fourth-order valence-corrected chi connectivity index (χ4v) is 4.09. The summed E-state index contributed by atoms with van der Waals surface area (Å²) in [5.74, 6) is 0.0732. The lowest BCUT2D eigenvalue weighted by Crippen LogP contribution is -2.22. The summed E-state index contributed by atoms with van der Waals surface area (Å²) in [5.41, 5.74) is 0.377. The molecule has 2 aromatic heterocycles. The van der Waals surface area contributed by atoms with Gasteiger partial charge in [-0.2, -0.15) is 10.1 Å². The lowest BCUT2D eigenvalue weighted by molar-refractivity contribution is 0.0547. The Morgan fingerprint density at radius 2 is 1.85 bits per heavy atom. The van der Waals surface area contributed by atoms with Crippen LogP contribution in [0.4, 0.5) is 5.95 Å². The van der Waals surface area contributed by atoms with E-state index < -0.39 is 15.6 Å². The van der Waals surface area contributed by atoms with Crippen molar-refractivity contribution in [2.75, 3.05) is 11.3 Å². The standard InChI is InChI=1S/C23H25N5O4S/c1-23(2,29)10-11-32-21-13-20(18-9-8-16-6-4-5-7-17(16)12-18)25-22(26-21)27-33(30,31)19-14-24-28(3)15-19/h4-9,12-15,29H,10-11H2,1-3H3,(H,25,26,27). The molecule has 0 fully saturated rings. The molecule has 9 nitrogen and oxygen atoms in total. The van der Waals surface area contributed by atoms with Gasteiger partial charge in [0.1, 0.15) is 4.90 Å². The number of rotatable bonds is 8. The zero-order chi connectivity index (χ0) is 23.6. The second kappa shape index (κ2) is 8.80. The van der Waals surface area contributed by atoms with Crippen LogP contribution in [0.2, 0.25) is 0 Å². The van der Waals surface area contributed by atoms with Gasteiger partial charge < -0.3 is 9.84 Å². The molecule has 2 N–H and O–H groups in total. The molecule has 0 saturated carbocycles. The monoisotopic (exact) mass is 467 g/mol. The highest BCUT2D eigenvalue weighted by atomic mass is 32.2. The normalized spacial score (nSPS) is 12.1. The molecule has 33 heavy (non-hydrogen) atoms. The van der Waals surface area contributed by atoms with E-state index in [-0.39, 0.29) is 23.3 Å². The van der Waals surface area contributed by atoms with E-state index in [1.807, 2.05) is 42.5 Å². The Balaban J connectivity index is 1.71. The zero-order valence-corrected chi connectivity index (χ0v) is 19.4. The molecule has 0 unspecified atom stereocenters. The molecule has 10 heteroatoms. The SMILES string of the molecule is Cn1cc(S(=O)(=O)Nc2nc(OCCC(C)(C)O)cc(-c3ccc4ccccc4c3)n2)cn1. The molecule has 0 atom stereocenters. The maximum absolute atomic E-state index is 12.8. The number of nitrogens with zero attached hydrogens (tertiary/aromatic N) is 4. The van der Waals surface area contributed by atoms with Gasteiger partial charge in [-0.05, 0) is 30.7 Å². The number of sulfonamides is 1. The highest BCUT2D eigenvalue weighted by Crippen LogP contribution is 2.27. The summed E-state index contributed by atoms with van der Waals surface area (Å²) in [5, 5.41) is 16.0. The molecule has 172 valence electrons. The first-order valence-electron chi connectivity index (χ1n) is 10.3. The number of aromatic nitrogens is 4. The summed E-state index contributed by atoms with van der Waals surface area (Å²) in [6, 6.07) is 15.4. The summed E-state index contributed by atoms with van der Waals surface area (Å²) < 4.78 is 35.1. The minimum Gasteiger partial charge on any atom is -0.477 e. The number of hydrogen-bond donors (Lipinski definition) is 2. The van der Waals surface area contributed by atoms with E-state index in [1.165, 1.54) is 17.1 Å². The molecule has 0 bridgehead atoms. The van der Waals surface area contributed by atoms with Crippen molar-refractivity contribution < 1.29 is 18.3 Å². The van der Waals surface area contributed by atoms with Gasteiger partial charge in [0.25, 0.3) is 10.0 Å². The van der Waals surface area contributed by atoms with Gasteiger partial charge in [0.2, 0.25) is 11.8 Å². The Kier molecular flexibility index (Phi) is 6.05. The van der Waals surface area contributed by atoms with Crippen molar-refractivity contribution in [3.8, 4) is 17.1 Å². The first-order valence-corrected chi connectivity index (χ1v) is 11.8. The van der Waals surface area contributed by atoms with Crippen LogP contribution in [0, 0.1) is 0 Å². The average molecular weight is 468 g/mol. The number of anilines is 1. The quantitative estimate of drug-likeness (QED) is 0.408. The Hall–Kier alpha value is -3.50. The molecule has 4 aromatic rings. The maximum atomic E-state index is 12.8. The molecule has 0 aliphatic carbocycles. The first kappa shape index (κ1) is 22.7. The summed E-state index contributed by atoms with van der Waals surface area (Å²) in [4.78, 5) is 8.65. The van der Waals surface area contributed by atoms with Crippen LogP contribution in [-0.4, -0.2) is 45.5 Å². The Morgan fingerprint density at radius 1 is 1.09 bits per heavy atom. The van der Waals surface area contributed by atoms with E-state index in [2.05, 4.69) is 19.8 Å². The van der Waals surface area contributed by atoms with Crippen LogP contribution in [0.5, 0.6) is 5.88 Å². The van der Waals surface area contributed by atoms with E-state index >= 15 is 0 Å². The predicted octanol–water partition coefficient (Wildman–Crippen LogP) is 3.37. The van der Waals surface area contributed by atoms with Gasteiger partial charge in [-0.25, -0.2) is 18.1 Å². The third-order valence-electron chi connectivity index (χ3n) is 4.93. The van der Waals surface area contributed by atoms with E-state index in [0.717, 1.165) is 16.3 Å². The largest absolute Gasteiger partial charge is 0.477 e. The average Bonchev–Trinajstić information content (AvgIpc) is 3.19. The molecular formula is C23H25N5O4S. The van der Waals surface area contributed by atoms with Crippen LogP contribution < -0.4 is 9.46 Å². The van der Waals surface area contributed by atoms with Gasteiger partial charge in [0, 0.05) is 31.3 Å². The highest BCUT2D eigenvalue weighted by molar-refractivity contribution is 7.92. The summed E-state index contributed by atoms with van der Waals surface area (Å²) in [6.07, 6.45) is 3.01. The predicted molar refractivity (Wildman–Crippen MR) is 125 cm³/mol. The zero-order valence-electron chi connectivity index (χ0n) is 18.6. The van der Waals surface area contributed by atoms with Crippen molar-refractivity contribution >= 4 is 26.7 Å². The van der Waals surface area contributed by atoms with E-state index in [4.69, 9.17) is 4.74 Å². The van der Waals surface area contributed by atoms with Gasteiger partial charge in [-0.15, -0.1) is 0 Å². The third kappa shape index (κ3) is 5.65. The molecule has 0 aliphatic rings. The Morgan fingerprint density at radius 3 is 2.55 bits per heavy atom. The molecule has 0 saturated heterocycles. The number of aryl methyl sites for hydroxylation is 1. The van der Waals surface area contributed by atoms with Crippen LogP contribution in [0.15, 0.2) is 65.8 Å². The van der Waals surface area contributed by atoms with Gasteiger partial charge in [0.05, 0.1) is 24.1 Å². The van der Waals surface area contributed by atoms with Crippen molar-refractivity contribution in [2.24, 2.45) is 7.05 Å². The molecular weight excluding hydrogens is 442 g/mol. The van der Waals surface area contributed by atoms with Crippen LogP contribution in [0.3, 0.4) is 0 Å². The molecule has 0 radical (unpaired) electrons.